The molecular formula is C14H11N3O3. The van der Waals surface area contributed by atoms with Crippen molar-refractivity contribution in [2.24, 2.45) is 0 Å². The number of phenolic OH excluding ortho intramolecular Hbond substituents is 1. The third-order valence-electron chi connectivity index (χ3n) is 3.04. The quantitative estimate of drug-likeness (QED) is 0.660. The topological polar surface area (TPSA) is 101 Å². The number of pyridine rings is 1. The van der Waals surface area contributed by atoms with Gasteiger partial charge in [-0.05, 0) is 24.3 Å². The first-order valence-corrected chi connectivity index (χ1v) is 5.88. The van der Waals surface area contributed by atoms with Gasteiger partial charge >= 0.3 is 5.97 Å². The van der Waals surface area contributed by atoms with Gasteiger partial charge in [0.05, 0.1) is 11.3 Å². The predicted molar refractivity (Wildman–Crippen MR) is 73.7 cm³/mol. The molecule has 3 aromatic rings. The molecule has 3 rings (SSSR count). The van der Waals surface area contributed by atoms with Crippen LogP contribution >= 0.6 is 0 Å². The van der Waals surface area contributed by atoms with Gasteiger partial charge in [-0.25, -0.2) is 9.78 Å². The number of carboxylic acid groups (broad SMARTS) is 1. The fourth-order valence-corrected chi connectivity index (χ4v) is 2.17. The summed E-state index contributed by atoms with van der Waals surface area (Å²) in [6.45, 7) is 0. The van der Waals surface area contributed by atoms with E-state index in [-0.39, 0.29) is 11.4 Å². The van der Waals surface area contributed by atoms with Gasteiger partial charge in [0.25, 0.3) is 0 Å². The molecule has 20 heavy (non-hydrogen) atoms. The van der Waals surface area contributed by atoms with Gasteiger partial charge in [0.15, 0.2) is 5.69 Å². The molecule has 0 fully saturated rings. The lowest BCUT2D eigenvalue weighted by Crippen LogP contribution is -2.00. The van der Waals surface area contributed by atoms with Crippen LogP contribution in [-0.2, 0) is 0 Å². The van der Waals surface area contributed by atoms with Crippen molar-refractivity contribution in [1.82, 2.24) is 9.38 Å². The molecule has 0 spiro atoms. The van der Waals surface area contributed by atoms with E-state index < -0.39 is 5.97 Å². The highest BCUT2D eigenvalue weighted by Gasteiger charge is 2.20. The maximum absolute atomic E-state index is 11.3. The van der Waals surface area contributed by atoms with Gasteiger partial charge in [0, 0.05) is 6.20 Å². The molecule has 0 unspecified atom stereocenters. The third-order valence-corrected chi connectivity index (χ3v) is 3.04. The summed E-state index contributed by atoms with van der Waals surface area (Å²) >= 11 is 0. The monoisotopic (exact) mass is 269 g/mol. The summed E-state index contributed by atoms with van der Waals surface area (Å²) < 4.78 is 1.56. The average molecular weight is 269 g/mol. The van der Waals surface area contributed by atoms with Gasteiger partial charge in [0.1, 0.15) is 17.1 Å². The number of nitrogens with zero attached hydrogens (tertiary/aromatic N) is 2. The Kier molecular flexibility index (Phi) is 2.57. The molecule has 0 saturated heterocycles. The number of imidazole rings is 1. The standard InChI is InChI=1S/C14H11N3O3/c15-9-5-3-7-17-12(9)11(14(19)20)16-13(17)8-4-1-2-6-10(8)18/h1-7,18H,15H2,(H,19,20). The average Bonchev–Trinajstić information content (AvgIpc) is 2.80. The third kappa shape index (κ3) is 1.66. The van der Waals surface area contributed by atoms with E-state index in [4.69, 9.17) is 5.73 Å². The molecule has 0 aliphatic heterocycles. The van der Waals surface area contributed by atoms with E-state index >= 15 is 0 Å². The lowest BCUT2D eigenvalue weighted by atomic mass is 10.2. The highest BCUT2D eigenvalue weighted by atomic mass is 16.4. The van der Waals surface area contributed by atoms with Crippen LogP contribution < -0.4 is 5.73 Å². The fraction of sp³-hybridized carbons (Fsp3) is 0. The molecule has 0 amide bonds. The molecule has 2 aromatic heterocycles. The number of aromatic hydroxyl groups is 1. The molecule has 0 atom stereocenters. The first kappa shape index (κ1) is 12.0. The predicted octanol–water partition coefficient (Wildman–Crippen LogP) is 1.99. The smallest absolute Gasteiger partial charge is 0.356 e. The molecule has 1 aromatic carbocycles. The van der Waals surface area contributed by atoms with E-state index in [1.165, 1.54) is 6.07 Å². The number of anilines is 1. The van der Waals surface area contributed by atoms with Crippen LogP contribution in [0, 0.1) is 0 Å². The van der Waals surface area contributed by atoms with Gasteiger partial charge in [-0.1, -0.05) is 12.1 Å². The summed E-state index contributed by atoms with van der Waals surface area (Å²) in [7, 11) is 0. The molecule has 0 bridgehead atoms. The Morgan fingerprint density at radius 3 is 2.65 bits per heavy atom. The summed E-state index contributed by atoms with van der Waals surface area (Å²) in [5.41, 5.74) is 6.78. The molecule has 0 aliphatic rings. The van der Waals surface area contributed by atoms with Gasteiger partial charge in [-0.3, -0.25) is 4.40 Å². The van der Waals surface area contributed by atoms with Gasteiger partial charge in [0.2, 0.25) is 0 Å². The molecule has 100 valence electrons. The number of benzene rings is 1. The Hall–Kier alpha value is -3.02. The van der Waals surface area contributed by atoms with E-state index in [0.717, 1.165) is 0 Å². The number of carboxylic acids is 1. The van der Waals surface area contributed by atoms with E-state index in [2.05, 4.69) is 4.98 Å². The highest BCUT2D eigenvalue weighted by molar-refractivity contribution is 5.99. The van der Waals surface area contributed by atoms with Crippen molar-refractivity contribution in [1.29, 1.82) is 0 Å². The number of aromatic nitrogens is 2. The number of rotatable bonds is 2. The Balaban J connectivity index is 2.41. The van der Waals surface area contributed by atoms with E-state index in [0.29, 0.717) is 22.6 Å². The molecular weight excluding hydrogens is 258 g/mol. The molecule has 0 radical (unpaired) electrons. The first-order valence-electron chi connectivity index (χ1n) is 5.88. The lowest BCUT2D eigenvalue weighted by molar-refractivity contribution is 0.0693. The molecule has 6 nitrogen and oxygen atoms in total. The molecule has 0 saturated carbocycles. The Labute approximate surface area is 113 Å². The minimum atomic E-state index is -1.16. The zero-order valence-corrected chi connectivity index (χ0v) is 10.3. The van der Waals surface area contributed by atoms with Crippen molar-refractivity contribution in [3.05, 3.63) is 48.3 Å². The minimum Gasteiger partial charge on any atom is -0.507 e. The largest absolute Gasteiger partial charge is 0.507 e. The summed E-state index contributed by atoms with van der Waals surface area (Å²) in [5, 5.41) is 19.2. The van der Waals surface area contributed by atoms with Crippen LogP contribution in [0.5, 0.6) is 5.75 Å². The zero-order chi connectivity index (χ0) is 14.3. The van der Waals surface area contributed by atoms with Crippen LogP contribution in [0.4, 0.5) is 5.69 Å². The molecule has 4 N–H and O–H groups in total. The first-order chi connectivity index (χ1) is 9.59. The number of aromatic carboxylic acids is 1. The highest BCUT2D eigenvalue weighted by Crippen LogP contribution is 2.31. The summed E-state index contributed by atoms with van der Waals surface area (Å²) in [4.78, 5) is 15.4. The van der Waals surface area contributed by atoms with Crippen LogP contribution in [0.1, 0.15) is 10.5 Å². The number of nitrogen functional groups attached to an aromatic ring is 1. The summed E-state index contributed by atoms with van der Waals surface area (Å²) in [6.07, 6.45) is 1.66. The van der Waals surface area contributed by atoms with Crippen molar-refractivity contribution >= 4 is 17.2 Å². The number of hydrogen-bond donors (Lipinski definition) is 3. The van der Waals surface area contributed by atoms with Crippen LogP contribution in [0.3, 0.4) is 0 Å². The zero-order valence-electron chi connectivity index (χ0n) is 10.3. The van der Waals surface area contributed by atoms with Gasteiger partial charge in [-0.2, -0.15) is 0 Å². The Bertz CT molecular complexity index is 824. The fourth-order valence-electron chi connectivity index (χ4n) is 2.17. The van der Waals surface area contributed by atoms with E-state index in [9.17, 15) is 15.0 Å². The van der Waals surface area contributed by atoms with Crippen molar-refractivity contribution in [3.63, 3.8) is 0 Å². The van der Waals surface area contributed by atoms with Crippen LogP contribution in [0.15, 0.2) is 42.6 Å². The SMILES string of the molecule is Nc1cccn2c(-c3ccccc3O)nc(C(=O)O)c12. The molecule has 6 heteroatoms. The van der Waals surface area contributed by atoms with Gasteiger partial charge < -0.3 is 15.9 Å². The van der Waals surface area contributed by atoms with E-state index in [1.807, 2.05) is 0 Å². The van der Waals surface area contributed by atoms with Crippen LogP contribution in [0.25, 0.3) is 16.9 Å². The number of carbonyl (C=O) groups is 1. The number of fused-ring (bicyclic) bond motifs is 1. The number of phenols is 1. The van der Waals surface area contributed by atoms with Crippen molar-refractivity contribution in [3.8, 4) is 17.1 Å². The normalized spacial score (nSPS) is 10.8. The minimum absolute atomic E-state index is 0.0266. The van der Waals surface area contributed by atoms with Crippen LogP contribution in [-0.4, -0.2) is 25.6 Å². The van der Waals surface area contributed by atoms with E-state index in [1.54, 1.807) is 40.9 Å². The van der Waals surface area contributed by atoms with Crippen molar-refractivity contribution < 1.29 is 15.0 Å². The second-order valence-corrected chi connectivity index (χ2v) is 4.29. The summed E-state index contributed by atoms with van der Waals surface area (Å²) in [6, 6.07) is 9.91. The molecule has 0 aliphatic carbocycles. The Morgan fingerprint density at radius 1 is 1.20 bits per heavy atom. The maximum Gasteiger partial charge on any atom is 0.356 e. The Morgan fingerprint density at radius 2 is 1.95 bits per heavy atom. The lowest BCUT2D eigenvalue weighted by Gasteiger charge is -2.04. The van der Waals surface area contributed by atoms with Gasteiger partial charge in [-0.15, -0.1) is 0 Å². The number of nitrogens with two attached hydrogens (primary N) is 1. The van der Waals surface area contributed by atoms with Crippen LogP contribution in [0.2, 0.25) is 0 Å². The summed E-state index contributed by atoms with van der Waals surface area (Å²) in [5.74, 6) is -0.802. The number of para-hydroxylation sites is 1. The van der Waals surface area contributed by atoms with Crippen molar-refractivity contribution in [2.75, 3.05) is 5.73 Å². The maximum atomic E-state index is 11.3. The second kappa shape index (κ2) is 4.27. The second-order valence-electron chi connectivity index (χ2n) is 4.29. The number of hydrogen-bond acceptors (Lipinski definition) is 4. The molecule has 2 heterocycles. The van der Waals surface area contributed by atoms with Crippen molar-refractivity contribution in [2.45, 2.75) is 0 Å².